The third-order valence-corrected chi connectivity index (χ3v) is 3.36. The molecule has 2 aromatic rings. The molecule has 1 fully saturated rings. The van der Waals surface area contributed by atoms with Gasteiger partial charge in [-0.05, 0) is 25.0 Å². The number of aromatic nitrogens is 2. The van der Waals surface area contributed by atoms with Crippen molar-refractivity contribution in [2.75, 3.05) is 13.1 Å². The largest absolute Gasteiger partial charge is 0.392 e. The third kappa shape index (κ3) is 2.06. The molecule has 17 heavy (non-hydrogen) atoms. The molecule has 4 heteroatoms. The monoisotopic (exact) mass is 231 g/mol. The van der Waals surface area contributed by atoms with Crippen LogP contribution in [0.15, 0.2) is 24.5 Å². The van der Waals surface area contributed by atoms with Crippen molar-refractivity contribution in [2.24, 2.45) is 0 Å². The minimum Gasteiger partial charge on any atom is -0.392 e. The first-order chi connectivity index (χ1) is 8.22. The van der Waals surface area contributed by atoms with Crippen LogP contribution in [0.2, 0.25) is 0 Å². The fourth-order valence-electron chi connectivity index (χ4n) is 2.47. The zero-order valence-electron chi connectivity index (χ0n) is 10.0. The Kier molecular flexibility index (Phi) is 2.61. The van der Waals surface area contributed by atoms with Gasteiger partial charge in [0.15, 0.2) is 0 Å². The average molecular weight is 231 g/mol. The second-order valence-corrected chi connectivity index (χ2v) is 4.83. The lowest BCUT2D eigenvalue weighted by Crippen LogP contribution is -2.21. The number of hydrogen-bond acceptors (Lipinski definition) is 3. The number of aryl methyl sites for hydroxylation is 1. The first kappa shape index (κ1) is 10.7. The molecule has 1 aliphatic heterocycles. The summed E-state index contributed by atoms with van der Waals surface area (Å²) in [6.07, 6.45) is 4.82. The van der Waals surface area contributed by atoms with Crippen LogP contribution in [0.4, 0.5) is 0 Å². The topological polar surface area (TPSA) is 40.8 Å². The molecule has 1 atom stereocenters. The standard InChI is InChI=1S/C13H17N3O/c1-10-3-2-5-16-8-11(14-13(10)16)7-15-6-4-12(17)9-15/h2-3,5,8,12,17H,4,6-7,9H2,1H3. The Hall–Kier alpha value is -1.39. The van der Waals surface area contributed by atoms with Gasteiger partial charge in [-0.25, -0.2) is 4.98 Å². The summed E-state index contributed by atoms with van der Waals surface area (Å²) in [4.78, 5) is 6.89. The Morgan fingerprint density at radius 2 is 2.41 bits per heavy atom. The van der Waals surface area contributed by atoms with Gasteiger partial charge in [0, 0.05) is 32.0 Å². The first-order valence-corrected chi connectivity index (χ1v) is 6.06. The van der Waals surface area contributed by atoms with Gasteiger partial charge in [-0.2, -0.15) is 0 Å². The Morgan fingerprint density at radius 1 is 1.53 bits per heavy atom. The highest BCUT2D eigenvalue weighted by atomic mass is 16.3. The second-order valence-electron chi connectivity index (χ2n) is 4.83. The number of aliphatic hydroxyl groups is 1. The highest BCUT2D eigenvalue weighted by Gasteiger charge is 2.20. The van der Waals surface area contributed by atoms with E-state index in [1.165, 1.54) is 5.56 Å². The van der Waals surface area contributed by atoms with Crippen LogP contribution in [-0.2, 0) is 6.54 Å². The van der Waals surface area contributed by atoms with Crippen molar-refractivity contribution in [3.05, 3.63) is 35.8 Å². The van der Waals surface area contributed by atoms with Crippen LogP contribution in [0.3, 0.4) is 0 Å². The molecule has 0 bridgehead atoms. The van der Waals surface area contributed by atoms with Gasteiger partial charge >= 0.3 is 0 Å². The first-order valence-electron chi connectivity index (χ1n) is 6.06. The number of likely N-dealkylation sites (tertiary alicyclic amines) is 1. The van der Waals surface area contributed by atoms with E-state index < -0.39 is 0 Å². The number of fused-ring (bicyclic) bond motifs is 1. The van der Waals surface area contributed by atoms with Gasteiger partial charge in [0.25, 0.3) is 0 Å². The van der Waals surface area contributed by atoms with E-state index in [4.69, 9.17) is 0 Å². The fourth-order valence-corrected chi connectivity index (χ4v) is 2.47. The average Bonchev–Trinajstić information content (AvgIpc) is 2.86. The van der Waals surface area contributed by atoms with Gasteiger partial charge in [-0.3, -0.25) is 4.90 Å². The van der Waals surface area contributed by atoms with E-state index >= 15 is 0 Å². The number of imidazole rings is 1. The molecular formula is C13H17N3O. The van der Waals surface area contributed by atoms with E-state index in [1.54, 1.807) is 0 Å². The Bertz CT molecular complexity index is 534. The predicted molar refractivity (Wildman–Crippen MR) is 65.8 cm³/mol. The SMILES string of the molecule is Cc1cccn2cc(CN3CCC(O)C3)nc12. The summed E-state index contributed by atoms with van der Waals surface area (Å²) in [7, 11) is 0. The summed E-state index contributed by atoms with van der Waals surface area (Å²) in [6, 6.07) is 4.11. The van der Waals surface area contributed by atoms with E-state index in [2.05, 4.69) is 33.5 Å². The van der Waals surface area contributed by atoms with Crippen molar-refractivity contribution in [1.82, 2.24) is 14.3 Å². The van der Waals surface area contributed by atoms with Crippen LogP contribution >= 0.6 is 0 Å². The van der Waals surface area contributed by atoms with Crippen molar-refractivity contribution in [3.63, 3.8) is 0 Å². The zero-order chi connectivity index (χ0) is 11.8. The van der Waals surface area contributed by atoms with Gasteiger partial charge in [-0.15, -0.1) is 0 Å². The molecule has 0 aromatic carbocycles. The summed E-state index contributed by atoms with van der Waals surface area (Å²) in [6.45, 7) is 4.64. The maximum absolute atomic E-state index is 9.49. The normalized spacial score (nSPS) is 21.4. The maximum atomic E-state index is 9.49. The predicted octanol–water partition coefficient (Wildman–Crippen LogP) is 1.21. The van der Waals surface area contributed by atoms with E-state index in [0.717, 1.165) is 37.4 Å². The molecule has 90 valence electrons. The summed E-state index contributed by atoms with van der Waals surface area (Å²) >= 11 is 0. The number of hydrogen-bond donors (Lipinski definition) is 1. The van der Waals surface area contributed by atoms with Gasteiger partial charge < -0.3 is 9.51 Å². The molecule has 1 N–H and O–H groups in total. The van der Waals surface area contributed by atoms with E-state index in [-0.39, 0.29) is 6.10 Å². The molecule has 0 aliphatic carbocycles. The van der Waals surface area contributed by atoms with Crippen molar-refractivity contribution < 1.29 is 5.11 Å². The van der Waals surface area contributed by atoms with Gasteiger partial charge in [0.05, 0.1) is 11.8 Å². The zero-order valence-corrected chi connectivity index (χ0v) is 10.0. The lowest BCUT2D eigenvalue weighted by molar-refractivity contribution is 0.174. The third-order valence-electron chi connectivity index (χ3n) is 3.36. The van der Waals surface area contributed by atoms with Crippen LogP contribution < -0.4 is 0 Å². The van der Waals surface area contributed by atoms with Crippen LogP contribution in [0, 0.1) is 6.92 Å². The second kappa shape index (κ2) is 4.13. The highest BCUT2D eigenvalue weighted by molar-refractivity contribution is 5.47. The molecule has 1 unspecified atom stereocenters. The van der Waals surface area contributed by atoms with Crippen LogP contribution in [-0.4, -0.2) is 38.6 Å². The number of pyridine rings is 1. The number of nitrogens with zero attached hydrogens (tertiary/aromatic N) is 3. The van der Waals surface area contributed by atoms with Gasteiger partial charge in [0.2, 0.25) is 0 Å². The lowest BCUT2D eigenvalue weighted by Gasteiger charge is -2.12. The van der Waals surface area contributed by atoms with Crippen molar-refractivity contribution in [2.45, 2.75) is 26.0 Å². The summed E-state index contributed by atoms with van der Waals surface area (Å²) < 4.78 is 2.07. The van der Waals surface area contributed by atoms with Crippen molar-refractivity contribution >= 4 is 5.65 Å². The Labute approximate surface area is 101 Å². The molecule has 3 rings (SSSR count). The van der Waals surface area contributed by atoms with Crippen LogP contribution in [0.5, 0.6) is 0 Å². The number of rotatable bonds is 2. The fraction of sp³-hybridized carbons (Fsp3) is 0.462. The molecule has 0 spiro atoms. The van der Waals surface area contributed by atoms with E-state index in [9.17, 15) is 5.11 Å². The van der Waals surface area contributed by atoms with E-state index in [1.807, 2.05) is 12.3 Å². The molecule has 1 aliphatic rings. The molecule has 1 saturated heterocycles. The summed E-state index contributed by atoms with van der Waals surface area (Å²) in [5.74, 6) is 0. The Balaban J connectivity index is 1.84. The van der Waals surface area contributed by atoms with Crippen molar-refractivity contribution in [3.8, 4) is 0 Å². The molecule has 0 radical (unpaired) electrons. The molecule has 0 saturated carbocycles. The molecule has 3 heterocycles. The van der Waals surface area contributed by atoms with Gasteiger partial charge in [0.1, 0.15) is 5.65 Å². The smallest absolute Gasteiger partial charge is 0.139 e. The maximum Gasteiger partial charge on any atom is 0.139 e. The van der Waals surface area contributed by atoms with Crippen LogP contribution in [0.25, 0.3) is 5.65 Å². The van der Waals surface area contributed by atoms with Crippen LogP contribution in [0.1, 0.15) is 17.7 Å². The summed E-state index contributed by atoms with van der Waals surface area (Å²) in [5.41, 5.74) is 3.30. The minimum atomic E-state index is -0.159. The molecule has 2 aromatic heterocycles. The summed E-state index contributed by atoms with van der Waals surface area (Å²) in [5, 5.41) is 9.49. The highest BCUT2D eigenvalue weighted by Crippen LogP contribution is 2.15. The quantitative estimate of drug-likeness (QED) is 0.844. The van der Waals surface area contributed by atoms with Crippen molar-refractivity contribution in [1.29, 1.82) is 0 Å². The van der Waals surface area contributed by atoms with Gasteiger partial charge in [-0.1, -0.05) is 6.07 Å². The molecule has 0 amide bonds. The van der Waals surface area contributed by atoms with E-state index in [0.29, 0.717) is 0 Å². The molecular weight excluding hydrogens is 214 g/mol. The minimum absolute atomic E-state index is 0.159. The number of aliphatic hydroxyl groups excluding tert-OH is 1. The number of β-amino-alcohol motifs (C(OH)–C–C–N with tert-alkyl or cyclic N) is 1. The molecule has 4 nitrogen and oxygen atoms in total. The lowest BCUT2D eigenvalue weighted by atomic mass is 10.3. The Morgan fingerprint density at radius 3 is 3.12 bits per heavy atom.